The van der Waals surface area contributed by atoms with Crippen molar-refractivity contribution in [3.05, 3.63) is 0 Å². The molecule has 0 unspecified atom stereocenters. The lowest BCUT2D eigenvalue weighted by Crippen LogP contribution is -2.55. The van der Waals surface area contributed by atoms with Crippen molar-refractivity contribution in [1.82, 2.24) is 9.80 Å². The van der Waals surface area contributed by atoms with Gasteiger partial charge in [0, 0.05) is 32.7 Å². The first-order valence-electron chi connectivity index (χ1n) is 7.83. The largest absolute Gasteiger partial charge is 0.340 e. The van der Waals surface area contributed by atoms with Crippen LogP contribution in [0.1, 0.15) is 39.5 Å². The minimum absolute atomic E-state index is 0.249. The monoisotopic (exact) mass is 267 g/mol. The summed E-state index contributed by atoms with van der Waals surface area (Å²) in [5, 5.41) is 0. The highest BCUT2D eigenvalue weighted by Gasteiger charge is 2.42. The maximum Gasteiger partial charge on any atom is 0.230 e. The smallest absolute Gasteiger partial charge is 0.230 e. The SMILES string of the molecule is CCN1CCN(C(=O)C2(CN)CCC(C)CC2)CC1. The van der Waals surface area contributed by atoms with Crippen LogP contribution in [0.2, 0.25) is 0 Å². The van der Waals surface area contributed by atoms with E-state index in [0.29, 0.717) is 12.5 Å². The number of nitrogens with zero attached hydrogens (tertiary/aromatic N) is 2. The van der Waals surface area contributed by atoms with Crippen LogP contribution in [0.3, 0.4) is 0 Å². The van der Waals surface area contributed by atoms with Crippen LogP contribution in [-0.4, -0.2) is 55.0 Å². The Hall–Kier alpha value is -0.610. The summed E-state index contributed by atoms with van der Waals surface area (Å²) in [6, 6.07) is 0. The zero-order valence-electron chi connectivity index (χ0n) is 12.5. The molecule has 2 aliphatic rings. The zero-order valence-corrected chi connectivity index (χ0v) is 12.5. The molecule has 0 aromatic rings. The predicted octanol–water partition coefficient (Wildman–Crippen LogP) is 1.31. The van der Waals surface area contributed by atoms with Gasteiger partial charge in [0.1, 0.15) is 0 Å². The Labute approximate surface area is 117 Å². The fourth-order valence-electron chi connectivity index (χ4n) is 3.42. The molecule has 2 N–H and O–H groups in total. The maximum atomic E-state index is 12.8. The summed E-state index contributed by atoms with van der Waals surface area (Å²) in [4.78, 5) is 17.3. The molecule has 0 aromatic heterocycles. The number of amides is 1. The highest BCUT2D eigenvalue weighted by Crippen LogP contribution is 2.39. The third-order valence-electron chi connectivity index (χ3n) is 5.18. The minimum atomic E-state index is -0.249. The molecule has 1 amide bonds. The van der Waals surface area contributed by atoms with E-state index in [2.05, 4.69) is 23.6 Å². The minimum Gasteiger partial charge on any atom is -0.340 e. The van der Waals surface area contributed by atoms with E-state index in [9.17, 15) is 4.79 Å². The molecule has 1 heterocycles. The Bertz CT molecular complexity index is 303. The summed E-state index contributed by atoms with van der Waals surface area (Å²) in [6.45, 7) is 9.85. The number of hydrogen-bond donors (Lipinski definition) is 1. The van der Waals surface area contributed by atoms with Crippen molar-refractivity contribution in [3.8, 4) is 0 Å². The standard InChI is InChI=1S/C15H29N3O/c1-3-17-8-10-18(11-9-17)14(19)15(12-16)6-4-13(2)5-7-15/h13H,3-12,16H2,1-2H3. The molecule has 0 radical (unpaired) electrons. The Morgan fingerprint density at radius 2 is 1.79 bits per heavy atom. The topological polar surface area (TPSA) is 49.6 Å². The zero-order chi connectivity index (χ0) is 13.9. The molecule has 1 saturated heterocycles. The average molecular weight is 267 g/mol. The van der Waals surface area contributed by atoms with Gasteiger partial charge in [-0.2, -0.15) is 0 Å². The predicted molar refractivity (Wildman–Crippen MR) is 77.8 cm³/mol. The van der Waals surface area contributed by atoms with Crippen LogP contribution in [0, 0.1) is 11.3 Å². The van der Waals surface area contributed by atoms with Gasteiger partial charge in [0.2, 0.25) is 5.91 Å². The third-order valence-corrected chi connectivity index (χ3v) is 5.18. The van der Waals surface area contributed by atoms with Gasteiger partial charge < -0.3 is 15.5 Å². The van der Waals surface area contributed by atoms with Crippen LogP contribution in [0.25, 0.3) is 0 Å². The van der Waals surface area contributed by atoms with Gasteiger partial charge in [-0.05, 0) is 38.1 Å². The normalized spacial score (nSPS) is 33.4. The van der Waals surface area contributed by atoms with Gasteiger partial charge in [-0.25, -0.2) is 0 Å². The van der Waals surface area contributed by atoms with Crippen LogP contribution in [0.15, 0.2) is 0 Å². The molecule has 1 aliphatic heterocycles. The van der Waals surface area contributed by atoms with Gasteiger partial charge in [-0.1, -0.05) is 13.8 Å². The lowest BCUT2D eigenvalue weighted by Gasteiger charge is -2.43. The molecule has 0 bridgehead atoms. The van der Waals surface area contributed by atoms with Gasteiger partial charge in [0.25, 0.3) is 0 Å². The van der Waals surface area contributed by atoms with Crippen LogP contribution < -0.4 is 5.73 Å². The number of hydrogen-bond acceptors (Lipinski definition) is 3. The molecule has 4 heteroatoms. The molecular formula is C15H29N3O. The van der Waals surface area contributed by atoms with Crippen LogP contribution in [-0.2, 0) is 4.79 Å². The molecule has 19 heavy (non-hydrogen) atoms. The van der Waals surface area contributed by atoms with Crippen LogP contribution in [0.5, 0.6) is 0 Å². The molecule has 0 atom stereocenters. The number of likely N-dealkylation sites (N-methyl/N-ethyl adjacent to an activating group) is 1. The van der Waals surface area contributed by atoms with E-state index in [0.717, 1.165) is 64.3 Å². The summed E-state index contributed by atoms with van der Waals surface area (Å²) in [7, 11) is 0. The lowest BCUT2D eigenvalue weighted by molar-refractivity contribution is -0.146. The average Bonchev–Trinajstić information content (AvgIpc) is 2.48. The van der Waals surface area contributed by atoms with E-state index in [-0.39, 0.29) is 5.41 Å². The fraction of sp³-hybridized carbons (Fsp3) is 0.933. The second-order valence-electron chi connectivity index (χ2n) is 6.39. The van der Waals surface area contributed by atoms with E-state index in [1.807, 2.05) is 0 Å². The van der Waals surface area contributed by atoms with Crippen molar-refractivity contribution in [1.29, 1.82) is 0 Å². The van der Waals surface area contributed by atoms with E-state index >= 15 is 0 Å². The summed E-state index contributed by atoms with van der Waals surface area (Å²) < 4.78 is 0. The summed E-state index contributed by atoms with van der Waals surface area (Å²) in [6.07, 6.45) is 4.27. The Balaban J connectivity index is 1.97. The summed E-state index contributed by atoms with van der Waals surface area (Å²) >= 11 is 0. The van der Waals surface area contributed by atoms with Crippen molar-refractivity contribution in [2.45, 2.75) is 39.5 Å². The molecule has 110 valence electrons. The second-order valence-corrected chi connectivity index (χ2v) is 6.39. The first kappa shape index (κ1) is 14.8. The van der Waals surface area contributed by atoms with Crippen LogP contribution >= 0.6 is 0 Å². The number of carbonyl (C=O) groups is 1. The lowest BCUT2D eigenvalue weighted by atomic mass is 9.70. The van der Waals surface area contributed by atoms with E-state index < -0.39 is 0 Å². The second kappa shape index (κ2) is 6.23. The van der Waals surface area contributed by atoms with Gasteiger partial charge in [0.15, 0.2) is 0 Å². The highest BCUT2D eigenvalue weighted by molar-refractivity contribution is 5.83. The van der Waals surface area contributed by atoms with Gasteiger partial charge >= 0.3 is 0 Å². The van der Waals surface area contributed by atoms with Crippen molar-refractivity contribution in [2.24, 2.45) is 17.1 Å². The van der Waals surface area contributed by atoms with E-state index in [1.165, 1.54) is 0 Å². The first-order chi connectivity index (χ1) is 9.11. The highest BCUT2D eigenvalue weighted by atomic mass is 16.2. The Morgan fingerprint density at radius 1 is 1.21 bits per heavy atom. The quantitative estimate of drug-likeness (QED) is 0.838. The number of piperazine rings is 1. The maximum absolute atomic E-state index is 12.8. The van der Waals surface area contributed by atoms with Crippen molar-refractivity contribution < 1.29 is 4.79 Å². The molecule has 0 spiro atoms. The molecule has 4 nitrogen and oxygen atoms in total. The molecule has 2 rings (SSSR count). The van der Waals surface area contributed by atoms with Crippen molar-refractivity contribution in [2.75, 3.05) is 39.3 Å². The van der Waals surface area contributed by atoms with Crippen molar-refractivity contribution >= 4 is 5.91 Å². The molecule has 0 aromatic carbocycles. The third kappa shape index (κ3) is 3.11. The Morgan fingerprint density at radius 3 is 2.26 bits per heavy atom. The van der Waals surface area contributed by atoms with Gasteiger partial charge in [-0.15, -0.1) is 0 Å². The molecule has 1 saturated carbocycles. The molecule has 2 fully saturated rings. The van der Waals surface area contributed by atoms with Gasteiger partial charge in [0.05, 0.1) is 5.41 Å². The van der Waals surface area contributed by atoms with E-state index in [1.54, 1.807) is 0 Å². The Kier molecular flexibility index (Phi) is 4.85. The molecule has 1 aliphatic carbocycles. The van der Waals surface area contributed by atoms with Gasteiger partial charge in [-0.3, -0.25) is 4.79 Å². The fourth-order valence-corrected chi connectivity index (χ4v) is 3.42. The van der Waals surface area contributed by atoms with Crippen molar-refractivity contribution in [3.63, 3.8) is 0 Å². The number of carbonyl (C=O) groups excluding carboxylic acids is 1. The first-order valence-corrected chi connectivity index (χ1v) is 7.83. The number of nitrogens with two attached hydrogens (primary N) is 1. The summed E-state index contributed by atoms with van der Waals surface area (Å²) in [5.41, 5.74) is 5.74. The summed E-state index contributed by atoms with van der Waals surface area (Å²) in [5.74, 6) is 1.09. The van der Waals surface area contributed by atoms with E-state index in [4.69, 9.17) is 5.73 Å². The van der Waals surface area contributed by atoms with Crippen LogP contribution in [0.4, 0.5) is 0 Å². The number of rotatable bonds is 3. The molecular weight excluding hydrogens is 238 g/mol.